The molecule has 8 atom stereocenters. The van der Waals surface area contributed by atoms with Crippen LogP contribution < -0.4 is 11.5 Å². The van der Waals surface area contributed by atoms with Crippen LogP contribution in [0.4, 0.5) is 4.39 Å². The number of halogens is 1. The van der Waals surface area contributed by atoms with E-state index in [1.54, 1.807) is 26.8 Å². The van der Waals surface area contributed by atoms with Gasteiger partial charge in [0.05, 0.1) is 6.10 Å². The first-order valence-corrected chi connectivity index (χ1v) is 13.0. The standard InChI is InChI=1S/C22H29FO5.C5H14N2/c1-12-8-16-15-5-4-13-9-14(25)6-7-19(13,2)21(15,23)17(26)10-20(16,3)22(12,28)18(27)11-24;6-4-2-1-3-5-7/h6-7,9,12,15-17,24,26,28H,4-5,8,10-11H2,1-3H3;1-7H2/t12-,15+,16+,17+,19+,20+,21+,22+;/m1./s1. The molecule has 4 aliphatic carbocycles. The quantitative estimate of drug-likeness (QED) is 0.355. The van der Waals surface area contributed by atoms with E-state index in [1.807, 2.05) is 0 Å². The zero-order valence-electron chi connectivity index (χ0n) is 21.3. The highest BCUT2D eigenvalue weighted by Gasteiger charge is 2.75. The van der Waals surface area contributed by atoms with Gasteiger partial charge in [0.1, 0.15) is 12.2 Å². The number of Topliss-reactive ketones (excluding diaryl/α,β-unsaturated/α-hetero) is 1. The van der Waals surface area contributed by atoms with Gasteiger partial charge in [0, 0.05) is 16.7 Å². The molecule has 0 spiro atoms. The minimum atomic E-state index is -1.98. The number of aliphatic hydroxyl groups excluding tert-OH is 2. The summed E-state index contributed by atoms with van der Waals surface area (Å²) in [6.07, 6.45) is 7.87. The van der Waals surface area contributed by atoms with Crippen molar-refractivity contribution < 1.29 is 29.3 Å². The Bertz CT molecular complexity index is 889. The van der Waals surface area contributed by atoms with Gasteiger partial charge in [-0.2, -0.15) is 0 Å². The predicted molar refractivity (Wildman–Crippen MR) is 132 cm³/mol. The third kappa shape index (κ3) is 4.06. The molecule has 3 fully saturated rings. The largest absolute Gasteiger partial charge is 0.390 e. The van der Waals surface area contributed by atoms with Crippen molar-refractivity contribution in [2.24, 2.45) is 40.1 Å². The van der Waals surface area contributed by atoms with Crippen LogP contribution in [-0.4, -0.2) is 64.0 Å². The molecule has 4 aliphatic rings. The molecule has 0 heterocycles. The molecule has 0 bridgehead atoms. The summed E-state index contributed by atoms with van der Waals surface area (Å²) in [6, 6.07) is 0. The van der Waals surface area contributed by atoms with E-state index in [4.69, 9.17) is 11.5 Å². The number of ketones is 2. The van der Waals surface area contributed by atoms with Gasteiger partial charge < -0.3 is 26.8 Å². The number of rotatable bonds is 6. The highest BCUT2D eigenvalue weighted by Crippen LogP contribution is 2.70. The number of nitrogens with two attached hydrogens (primary N) is 2. The van der Waals surface area contributed by atoms with Gasteiger partial charge in [-0.1, -0.05) is 31.9 Å². The van der Waals surface area contributed by atoms with Crippen molar-refractivity contribution in [1.82, 2.24) is 0 Å². The third-order valence-corrected chi connectivity index (χ3v) is 9.70. The Morgan fingerprint density at radius 3 is 2.37 bits per heavy atom. The fraction of sp³-hybridized carbons (Fsp3) is 0.778. The lowest BCUT2D eigenvalue weighted by Gasteiger charge is -2.62. The van der Waals surface area contributed by atoms with Crippen molar-refractivity contribution in [3.8, 4) is 0 Å². The van der Waals surface area contributed by atoms with Crippen LogP contribution in [0.2, 0.25) is 0 Å². The summed E-state index contributed by atoms with van der Waals surface area (Å²) in [6.45, 7) is 6.09. The van der Waals surface area contributed by atoms with Gasteiger partial charge in [-0.15, -0.1) is 0 Å². The second-order valence-electron chi connectivity index (χ2n) is 11.4. The lowest BCUT2D eigenvalue weighted by molar-refractivity contribution is -0.219. The predicted octanol–water partition coefficient (Wildman–Crippen LogP) is 1.97. The second kappa shape index (κ2) is 10.1. The van der Waals surface area contributed by atoms with Gasteiger partial charge in [-0.25, -0.2) is 4.39 Å². The smallest absolute Gasteiger partial charge is 0.190 e. The Kier molecular flexibility index (Phi) is 8.14. The first-order valence-electron chi connectivity index (χ1n) is 13.0. The number of unbranched alkanes of at least 4 members (excludes halogenated alkanes) is 2. The maximum atomic E-state index is 16.9. The molecule has 4 rings (SSSR count). The molecule has 0 aromatic carbocycles. The van der Waals surface area contributed by atoms with Crippen LogP contribution >= 0.6 is 0 Å². The highest BCUT2D eigenvalue weighted by atomic mass is 19.1. The Morgan fingerprint density at radius 2 is 1.80 bits per heavy atom. The lowest BCUT2D eigenvalue weighted by atomic mass is 9.44. The molecule has 35 heavy (non-hydrogen) atoms. The van der Waals surface area contributed by atoms with Crippen molar-refractivity contribution >= 4 is 11.6 Å². The topological polar surface area (TPSA) is 147 Å². The third-order valence-electron chi connectivity index (χ3n) is 9.70. The van der Waals surface area contributed by atoms with E-state index < -0.39 is 52.4 Å². The van der Waals surface area contributed by atoms with Crippen LogP contribution in [0, 0.1) is 28.6 Å². The average molecular weight is 495 g/mol. The molecule has 0 radical (unpaired) electrons. The molecule has 7 N–H and O–H groups in total. The maximum absolute atomic E-state index is 16.9. The molecule has 0 amide bonds. The average Bonchev–Trinajstić information content (AvgIpc) is 3.02. The fourth-order valence-corrected chi connectivity index (χ4v) is 7.73. The number of hydrogen-bond acceptors (Lipinski definition) is 7. The Labute approximate surface area is 207 Å². The van der Waals surface area contributed by atoms with E-state index in [9.17, 15) is 24.9 Å². The van der Waals surface area contributed by atoms with Crippen LogP contribution in [0.15, 0.2) is 23.8 Å². The van der Waals surface area contributed by atoms with E-state index in [1.165, 1.54) is 18.6 Å². The van der Waals surface area contributed by atoms with E-state index in [0.717, 1.165) is 25.9 Å². The van der Waals surface area contributed by atoms with Gasteiger partial charge >= 0.3 is 0 Å². The van der Waals surface area contributed by atoms with Gasteiger partial charge in [0.2, 0.25) is 0 Å². The summed E-state index contributed by atoms with van der Waals surface area (Å²) in [5.41, 5.74) is 5.29. The van der Waals surface area contributed by atoms with Crippen LogP contribution in [0.5, 0.6) is 0 Å². The number of hydrogen-bond donors (Lipinski definition) is 5. The summed E-state index contributed by atoms with van der Waals surface area (Å²) < 4.78 is 16.9. The van der Waals surface area contributed by atoms with E-state index in [-0.39, 0.29) is 18.1 Å². The summed E-state index contributed by atoms with van der Waals surface area (Å²) in [5.74, 6) is -2.12. The summed E-state index contributed by atoms with van der Waals surface area (Å²) in [4.78, 5) is 24.4. The zero-order valence-corrected chi connectivity index (χ0v) is 21.3. The van der Waals surface area contributed by atoms with Gasteiger partial charge in [-0.05, 0) is 82.5 Å². The summed E-state index contributed by atoms with van der Waals surface area (Å²) in [5, 5.41) is 32.0. The maximum Gasteiger partial charge on any atom is 0.190 e. The van der Waals surface area contributed by atoms with Crippen molar-refractivity contribution in [3.05, 3.63) is 23.8 Å². The first-order chi connectivity index (χ1) is 16.4. The highest BCUT2D eigenvalue weighted by molar-refractivity contribution is 6.01. The number of aliphatic hydroxyl groups is 3. The van der Waals surface area contributed by atoms with Crippen molar-refractivity contribution in [1.29, 1.82) is 0 Å². The van der Waals surface area contributed by atoms with Crippen molar-refractivity contribution in [3.63, 3.8) is 0 Å². The lowest BCUT2D eigenvalue weighted by Crippen LogP contribution is -2.69. The number of carbonyl (C=O) groups is 2. The Morgan fingerprint density at radius 1 is 1.17 bits per heavy atom. The minimum absolute atomic E-state index is 0.0676. The van der Waals surface area contributed by atoms with E-state index in [0.29, 0.717) is 24.8 Å². The Hall–Kier alpha value is -1.45. The molecular weight excluding hydrogens is 451 g/mol. The molecule has 0 aliphatic heterocycles. The number of fused-ring (bicyclic) bond motifs is 5. The molecule has 0 aromatic heterocycles. The first kappa shape index (κ1) is 28.1. The monoisotopic (exact) mass is 494 g/mol. The second-order valence-corrected chi connectivity index (χ2v) is 11.4. The van der Waals surface area contributed by atoms with Crippen LogP contribution in [0.1, 0.15) is 65.7 Å². The van der Waals surface area contributed by atoms with Gasteiger partial charge in [0.25, 0.3) is 0 Å². The molecule has 0 aromatic rings. The summed E-state index contributed by atoms with van der Waals surface area (Å²) in [7, 11) is 0. The van der Waals surface area contributed by atoms with E-state index >= 15 is 4.39 Å². The normalized spacial score (nSPS) is 43.9. The number of allylic oxidation sites excluding steroid dienone is 4. The molecule has 0 unspecified atom stereocenters. The van der Waals surface area contributed by atoms with Crippen molar-refractivity contribution in [2.45, 2.75) is 83.1 Å². The molecular formula is C27H43FN2O5. The zero-order chi connectivity index (χ0) is 26.2. The minimum Gasteiger partial charge on any atom is -0.390 e. The van der Waals surface area contributed by atoms with E-state index in [2.05, 4.69) is 0 Å². The fourth-order valence-electron chi connectivity index (χ4n) is 7.73. The Balaban J connectivity index is 0.000000429. The van der Waals surface area contributed by atoms with Crippen LogP contribution in [-0.2, 0) is 9.59 Å². The van der Waals surface area contributed by atoms with Crippen molar-refractivity contribution in [2.75, 3.05) is 19.7 Å². The van der Waals surface area contributed by atoms with Gasteiger partial charge in [0.15, 0.2) is 17.2 Å². The molecule has 8 heteroatoms. The molecule has 3 saturated carbocycles. The SMILES string of the molecule is C[C@@H]1C[C@H]2[C@@H]3CCC4=CC(=O)C=C[C@]4(C)[C@@]3(F)[C@@H](O)C[C@]2(C)[C@@]1(O)C(=O)CO.NCCCCCN. The van der Waals surface area contributed by atoms with Crippen LogP contribution in [0.25, 0.3) is 0 Å². The van der Waals surface area contributed by atoms with Crippen LogP contribution in [0.3, 0.4) is 0 Å². The number of carbonyl (C=O) groups excluding carboxylic acids is 2. The molecule has 0 saturated heterocycles. The van der Waals surface area contributed by atoms with Gasteiger partial charge in [-0.3, -0.25) is 9.59 Å². The summed E-state index contributed by atoms with van der Waals surface area (Å²) >= 11 is 0. The molecule has 198 valence electrons. The number of alkyl halides is 1. The molecule has 7 nitrogen and oxygen atoms in total.